The summed E-state index contributed by atoms with van der Waals surface area (Å²) in [4.78, 5) is 25.3. The predicted molar refractivity (Wildman–Crippen MR) is 82.9 cm³/mol. The molecule has 120 valence electrons. The fourth-order valence-corrected chi connectivity index (χ4v) is 2.23. The van der Waals surface area contributed by atoms with Gasteiger partial charge in [-0.1, -0.05) is 32.0 Å². The molecule has 0 unspecified atom stereocenters. The van der Waals surface area contributed by atoms with Gasteiger partial charge in [-0.05, 0) is 25.0 Å². The van der Waals surface area contributed by atoms with E-state index in [0.717, 1.165) is 12.8 Å². The molecule has 0 aromatic heterocycles. The maximum atomic E-state index is 12.0. The fourth-order valence-electron chi connectivity index (χ4n) is 2.23. The van der Waals surface area contributed by atoms with Crippen molar-refractivity contribution >= 4 is 11.9 Å². The van der Waals surface area contributed by atoms with E-state index in [-0.39, 0.29) is 30.5 Å². The van der Waals surface area contributed by atoms with E-state index in [0.29, 0.717) is 18.8 Å². The van der Waals surface area contributed by atoms with E-state index in [2.05, 4.69) is 0 Å². The van der Waals surface area contributed by atoms with Crippen LogP contribution < -0.4 is 4.74 Å². The Bertz CT molecular complexity index is 493. The zero-order valence-electron chi connectivity index (χ0n) is 13.2. The van der Waals surface area contributed by atoms with Crippen LogP contribution in [0.4, 0.5) is 4.79 Å². The molecule has 5 nitrogen and oxygen atoms in total. The number of benzene rings is 1. The Balaban J connectivity index is 1.72. The van der Waals surface area contributed by atoms with Crippen molar-refractivity contribution in [3.63, 3.8) is 0 Å². The van der Waals surface area contributed by atoms with Crippen LogP contribution in [0.25, 0.3) is 0 Å². The summed E-state index contributed by atoms with van der Waals surface area (Å²) in [6.07, 6.45) is 1.18. The summed E-state index contributed by atoms with van der Waals surface area (Å²) in [7, 11) is 0. The van der Waals surface area contributed by atoms with Crippen LogP contribution in [0.15, 0.2) is 30.3 Å². The maximum Gasteiger partial charge on any atom is 0.415 e. The summed E-state index contributed by atoms with van der Waals surface area (Å²) in [5.41, 5.74) is 0. The molecule has 0 atom stereocenters. The van der Waals surface area contributed by atoms with Gasteiger partial charge in [0.2, 0.25) is 0 Å². The number of Topliss-reactive ketones (excluding diaryl/α,β-unsaturated/α-hetero) is 1. The topological polar surface area (TPSA) is 55.8 Å². The zero-order chi connectivity index (χ0) is 15.9. The van der Waals surface area contributed by atoms with E-state index in [1.807, 2.05) is 32.0 Å². The Hall–Kier alpha value is -1.88. The molecule has 1 fully saturated rings. The van der Waals surface area contributed by atoms with Gasteiger partial charge in [0.25, 0.3) is 0 Å². The van der Waals surface area contributed by atoms with E-state index in [1.165, 1.54) is 0 Å². The number of carbonyl (C=O) groups is 2. The first-order valence-electron chi connectivity index (χ1n) is 7.72. The fraction of sp³-hybridized carbons (Fsp3) is 0.529. The second kappa shape index (κ2) is 7.94. The minimum Gasteiger partial charge on any atom is -0.410 e. The van der Waals surface area contributed by atoms with Crippen LogP contribution in [-0.4, -0.2) is 42.6 Å². The van der Waals surface area contributed by atoms with Gasteiger partial charge in [-0.2, -0.15) is 0 Å². The zero-order valence-corrected chi connectivity index (χ0v) is 13.2. The third-order valence-electron chi connectivity index (χ3n) is 3.75. The first-order chi connectivity index (χ1) is 10.6. The second-order valence-corrected chi connectivity index (χ2v) is 5.80. The van der Waals surface area contributed by atoms with Gasteiger partial charge in [0.15, 0.2) is 5.78 Å². The number of nitrogens with zero attached hydrogens (tertiary/aromatic N) is 1. The number of likely N-dealkylation sites (tertiary alicyclic amines) is 1. The van der Waals surface area contributed by atoms with Gasteiger partial charge >= 0.3 is 6.09 Å². The Kier molecular flexibility index (Phi) is 5.95. The Morgan fingerprint density at radius 2 is 1.82 bits per heavy atom. The smallest absolute Gasteiger partial charge is 0.410 e. The molecule has 1 aliphatic rings. The summed E-state index contributed by atoms with van der Waals surface area (Å²) >= 11 is 0. The standard InChI is InChI=1S/C17H23NO4/c1-13(2)16(19)12-21-14-8-10-18(11-9-14)17(20)22-15-6-4-3-5-7-15/h3-7,13-14H,8-12H2,1-2H3. The van der Waals surface area contributed by atoms with Gasteiger partial charge in [-0.3, -0.25) is 4.79 Å². The van der Waals surface area contributed by atoms with Crippen LogP contribution in [-0.2, 0) is 9.53 Å². The Morgan fingerprint density at radius 1 is 1.18 bits per heavy atom. The molecule has 1 aromatic carbocycles. The minimum absolute atomic E-state index is 0.000870. The molecular weight excluding hydrogens is 282 g/mol. The number of amides is 1. The maximum absolute atomic E-state index is 12.0. The van der Waals surface area contributed by atoms with Crippen molar-refractivity contribution in [3.8, 4) is 5.75 Å². The van der Waals surface area contributed by atoms with E-state index < -0.39 is 0 Å². The van der Waals surface area contributed by atoms with Gasteiger partial charge in [0.1, 0.15) is 12.4 Å². The molecule has 0 bridgehead atoms. The third kappa shape index (κ3) is 4.84. The number of ketones is 1. The van der Waals surface area contributed by atoms with E-state index in [4.69, 9.17) is 9.47 Å². The van der Waals surface area contributed by atoms with E-state index in [9.17, 15) is 9.59 Å². The lowest BCUT2D eigenvalue weighted by Gasteiger charge is -2.31. The number of carbonyl (C=O) groups excluding carboxylic acids is 2. The van der Waals surface area contributed by atoms with Crippen molar-refractivity contribution in [1.29, 1.82) is 0 Å². The van der Waals surface area contributed by atoms with Crippen molar-refractivity contribution < 1.29 is 19.1 Å². The second-order valence-electron chi connectivity index (χ2n) is 5.80. The SMILES string of the molecule is CC(C)C(=O)COC1CCN(C(=O)Oc2ccccc2)CC1. The molecule has 0 aliphatic carbocycles. The number of piperidine rings is 1. The van der Waals surface area contributed by atoms with Crippen LogP contribution in [0.2, 0.25) is 0 Å². The minimum atomic E-state index is -0.331. The van der Waals surface area contributed by atoms with Crippen LogP contribution in [0.5, 0.6) is 5.75 Å². The molecule has 1 amide bonds. The molecule has 1 aliphatic heterocycles. The molecule has 2 rings (SSSR count). The number of rotatable bonds is 5. The van der Waals surface area contributed by atoms with Crippen molar-refractivity contribution in [1.82, 2.24) is 4.90 Å². The largest absolute Gasteiger partial charge is 0.415 e. The van der Waals surface area contributed by atoms with Crippen LogP contribution in [0.3, 0.4) is 0 Å². The average Bonchev–Trinajstić information content (AvgIpc) is 2.54. The molecule has 0 spiro atoms. The Morgan fingerprint density at radius 3 is 2.41 bits per heavy atom. The summed E-state index contributed by atoms with van der Waals surface area (Å²) in [5, 5.41) is 0. The van der Waals surface area contributed by atoms with Crippen LogP contribution in [0, 0.1) is 5.92 Å². The highest BCUT2D eigenvalue weighted by molar-refractivity contribution is 5.81. The molecule has 0 radical (unpaired) electrons. The van der Waals surface area contributed by atoms with Crippen molar-refractivity contribution in [2.75, 3.05) is 19.7 Å². The van der Waals surface area contributed by atoms with Gasteiger partial charge in [0, 0.05) is 19.0 Å². The summed E-state index contributed by atoms with van der Waals surface area (Å²) in [6, 6.07) is 9.04. The summed E-state index contributed by atoms with van der Waals surface area (Å²) in [5.74, 6) is 0.667. The quantitative estimate of drug-likeness (QED) is 0.839. The lowest BCUT2D eigenvalue weighted by Crippen LogP contribution is -2.42. The third-order valence-corrected chi connectivity index (χ3v) is 3.75. The van der Waals surface area contributed by atoms with Crippen LogP contribution >= 0.6 is 0 Å². The van der Waals surface area contributed by atoms with Gasteiger partial charge in [-0.15, -0.1) is 0 Å². The molecule has 1 heterocycles. The highest BCUT2D eigenvalue weighted by atomic mass is 16.6. The van der Waals surface area contributed by atoms with Crippen molar-refractivity contribution in [2.24, 2.45) is 5.92 Å². The van der Waals surface area contributed by atoms with Crippen molar-refractivity contribution in [2.45, 2.75) is 32.8 Å². The lowest BCUT2D eigenvalue weighted by atomic mass is 10.1. The van der Waals surface area contributed by atoms with Crippen molar-refractivity contribution in [3.05, 3.63) is 30.3 Å². The molecule has 1 saturated heterocycles. The predicted octanol–water partition coefficient (Wildman–Crippen LogP) is 2.89. The first kappa shape index (κ1) is 16.5. The van der Waals surface area contributed by atoms with E-state index >= 15 is 0 Å². The molecular formula is C17H23NO4. The van der Waals surface area contributed by atoms with Gasteiger partial charge in [0.05, 0.1) is 6.10 Å². The monoisotopic (exact) mass is 305 g/mol. The van der Waals surface area contributed by atoms with E-state index in [1.54, 1.807) is 17.0 Å². The number of para-hydroxylation sites is 1. The first-order valence-corrected chi connectivity index (χ1v) is 7.72. The molecule has 22 heavy (non-hydrogen) atoms. The summed E-state index contributed by atoms with van der Waals surface area (Å²) < 4.78 is 10.9. The normalized spacial score (nSPS) is 15.9. The molecule has 5 heteroatoms. The lowest BCUT2D eigenvalue weighted by molar-refractivity contribution is -0.129. The average molecular weight is 305 g/mol. The van der Waals surface area contributed by atoms with Gasteiger partial charge < -0.3 is 14.4 Å². The van der Waals surface area contributed by atoms with Gasteiger partial charge in [-0.25, -0.2) is 4.79 Å². The summed E-state index contributed by atoms with van der Waals surface area (Å²) in [6.45, 7) is 5.08. The highest BCUT2D eigenvalue weighted by Gasteiger charge is 2.25. The Labute approximate surface area is 131 Å². The van der Waals surface area contributed by atoms with Crippen LogP contribution in [0.1, 0.15) is 26.7 Å². The molecule has 0 N–H and O–H groups in total. The highest BCUT2D eigenvalue weighted by Crippen LogP contribution is 2.17. The molecule has 1 aromatic rings. The number of ether oxygens (including phenoxy) is 2. The number of hydrogen-bond acceptors (Lipinski definition) is 4. The number of hydrogen-bond donors (Lipinski definition) is 0. The molecule has 0 saturated carbocycles.